The lowest BCUT2D eigenvalue weighted by molar-refractivity contribution is -0.646. The van der Waals surface area contributed by atoms with Gasteiger partial charge in [0.15, 0.2) is 6.20 Å². The van der Waals surface area contributed by atoms with E-state index in [4.69, 9.17) is 4.78 Å². The number of alkyl halides is 5. The minimum Gasteiger partial charge on any atom is -0.618 e. The van der Waals surface area contributed by atoms with E-state index in [0.29, 0.717) is 12.8 Å². The van der Waals surface area contributed by atoms with Gasteiger partial charge in [0.05, 0.1) is 23.3 Å². The van der Waals surface area contributed by atoms with Crippen LogP contribution in [0, 0.1) is 21.3 Å². The minimum absolute atomic E-state index is 0.154. The van der Waals surface area contributed by atoms with Gasteiger partial charge in [0.25, 0.3) is 16.9 Å². The van der Waals surface area contributed by atoms with Crippen molar-refractivity contribution in [3.63, 3.8) is 0 Å². The average molecular weight is 519 g/mol. The summed E-state index contributed by atoms with van der Waals surface area (Å²) in [7, 11) is -3.51. The van der Waals surface area contributed by atoms with Gasteiger partial charge < -0.3 is 10.5 Å². The zero-order valence-corrected chi connectivity index (χ0v) is 19.3. The van der Waals surface area contributed by atoms with Crippen LogP contribution < -0.4 is 10.0 Å². The number of nitrogens with one attached hydrogen (secondary N) is 2. The van der Waals surface area contributed by atoms with Crippen molar-refractivity contribution in [2.45, 2.75) is 61.7 Å². The van der Waals surface area contributed by atoms with E-state index in [0.717, 1.165) is 29.3 Å². The minimum atomic E-state index is -4.96. The van der Waals surface area contributed by atoms with Crippen molar-refractivity contribution in [2.24, 2.45) is 11.3 Å². The Labute approximate surface area is 197 Å². The molecule has 0 aromatic carbocycles. The molecular weight excluding hydrogens is 497 g/mol. The first-order valence-electron chi connectivity index (χ1n) is 11.0. The Kier molecular flexibility index (Phi) is 5.04. The molecule has 35 heavy (non-hydrogen) atoms. The fraction of sp³-hybridized carbons (Fsp3) is 0.571. The zero-order valence-electron chi connectivity index (χ0n) is 18.5. The molecule has 6 rings (SSSR count). The lowest BCUT2D eigenvalue weighted by Crippen LogP contribution is -2.43. The van der Waals surface area contributed by atoms with Crippen LogP contribution >= 0.6 is 0 Å². The van der Waals surface area contributed by atoms with Gasteiger partial charge in [-0.15, -0.1) is 0 Å². The Morgan fingerprint density at radius 2 is 2.00 bits per heavy atom. The molecule has 2 N–H and O–H groups in total. The van der Waals surface area contributed by atoms with Crippen molar-refractivity contribution in [2.75, 3.05) is 11.6 Å². The molecule has 8 nitrogen and oxygen atoms in total. The standard InChI is InChI=1S/C21H22F5N5O3S/c1-35(27,34)14-6-13(4-5-31(14)33)28-18(32)17-15(21(24,25)26)16(12-2-3-12)29-30(17)10-19-7-11(8-19)9-20(19,22)23/h4-6,11-12,27H,2-3,7-10H2,1H3,(H,28,32). The van der Waals surface area contributed by atoms with Crippen molar-refractivity contribution >= 4 is 21.3 Å². The summed E-state index contributed by atoms with van der Waals surface area (Å²) >= 11 is 0. The lowest BCUT2D eigenvalue weighted by atomic mass is 9.68. The van der Waals surface area contributed by atoms with Gasteiger partial charge in [0, 0.05) is 30.7 Å². The highest BCUT2D eigenvalue weighted by atomic mass is 32.2. The van der Waals surface area contributed by atoms with Gasteiger partial charge in [0.1, 0.15) is 21.0 Å². The van der Waals surface area contributed by atoms with Gasteiger partial charge in [-0.1, -0.05) is 0 Å². The number of rotatable bonds is 6. The maximum atomic E-state index is 14.7. The summed E-state index contributed by atoms with van der Waals surface area (Å²) in [6.45, 7) is -0.523. The van der Waals surface area contributed by atoms with Crippen LogP contribution in [0.5, 0.6) is 0 Å². The molecule has 14 heteroatoms. The quantitative estimate of drug-likeness (QED) is 0.339. The lowest BCUT2D eigenvalue weighted by Gasteiger charge is -2.40. The molecule has 1 amide bonds. The highest BCUT2D eigenvalue weighted by Gasteiger charge is 2.69. The highest BCUT2D eigenvalue weighted by Crippen LogP contribution is 2.67. The zero-order chi connectivity index (χ0) is 25.6. The fourth-order valence-corrected chi connectivity index (χ4v) is 6.12. The van der Waals surface area contributed by atoms with Crippen LogP contribution in [0.2, 0.25) is 0 Å². The number of aromatic nitrogens is 3. The van der Waals surface area contributed by atoms with Crippen LogP contribution in [0.15, 0.2) is 23.4 Å². The first-order valence-corrected chi connectivity index (χ1v) is 12.9. The summed E-state index contributed by atoms with van der Waals surface area (Å²) in [6.07, 6.45) is -2.24. The number of pyridine rings is 1. The Hall–Kier alpha value is -2.77. The van der Waals surface area contributed by atoms with E-state index >= 15 is 0 Å². The number of hydrogen-bond acceptors (Lipinski definition) is 5. The van der Waals surface area contributed by atoms with Crippen molar-refractivity contribution in [3.05, 3.63) is 40.5 Å². The van der Waals surface area contributed by atoms with Crippen LogP contribution in [0.3, 0.4) is 0 Å². The van der Waals surface area contributed by atoms with E-state index < -0.39 is 61.9 Å². The molecule has 190 valence electrons. The summed E-state index contributed by atoms with van der Waals surface area (Å²) < 4.78 is 92.4. The smallest absolute Gasteiger partial charge is 0.420 e. The van der Waals surface area contributed by atoms with Gasteiger partial charge in [-0.2, -0.15) is 23.0 Å². The number of anilines is 1. The second-order valence-corrected chi connectivity index (χ2v) is 12.0. The van der Waals surface area contributed by atoms with E-state index in [1.807, 2.05) is 0 Å². The van der Waals surface area contributed by atoms with Crippen LogP contribution in [0.4, 0.5) is 27.6 Å². The van der Waals surface area contributed by atoms with E-state index in [9.17, 15) is 36.2 Å². The SMILES string of the molecule is CS(=N)(=O)c1cc(NC(=O)c2c(C(F)(F)F)c(C3CC3)nn2CC23CC(CC2(F)F)C3)cc[n+]1[O-]. The number of halogens is 5. The largest absolute Gasteiger partial charge is 0.618 e. The Morgan fingerprint density at radius 1 is 1.34 bits per heavy atom. The molecule has 2 heterocycles. The van der Waals surface area contributed by atoms with Gasteiger partial charge in [0.2, 0.25) is 0 Å². The molecule has 0 saturated heterocycles. The topological polar surface area (TPSA) is 115 Å². The second-order valence-electron chi connectivity index (χ2n) is 9.88. The average Bonchev–Trinajstić information content (AvgIpc) is 3.35. The van der Waals surface area contributed by atoms with E-state index in [1.165, 1.54) is 0 Å². The molecule has 2 aromatic heterocycles. The van der Waals surface area contributed by atoms with Crippen LogP contribution in [-0.2, 0) is 22.5 Å². The molecule has 1 unspecified atom stereocenters. The second kappa shape index (κ2) is 7.37. The van der Waals surface area contributed by atoms with Crippen LogP contribution in [0.1, 0.15) is 59.8 Å². The summed E-state index contributed by atoms with van der Waals surface area (Å²) in [5.41, 5.74) is -4.16. The van der Waals surface area contributed by atoms with Crippen molar-refractivity contribution in [1.29, 1.82) is 4.78 Å². The number of hydrogen-bond donors (Lipinski definition) is 2. The Bertz CT molecular complexity index is 1330. The number of fused-ring (bicyclic) bond motifs is 1. The molecular formula is C21H22F5N5O3S. The molecule has 4 aliphatic rings. The van der Waals surface area contributed by atoms with E-state index in [2.05, 4.69) is 10.4 Å². The predicted molar refractivity (Wildman–Crippen MR) is 112 cm³/mol. The summed E-state index contributed by atoms with van der Waals surface area (Å²) in [5, 5.41) is 17.7. The summed E-state index contributed by atoms with van der Waals surface area (Å²) in [6, 6.07) is 2.02. The Morgan fingerprint density at radius 3 is 2.51 bits per heavy atom. The highest BCUT2D eigenvalue weighted by molar-refractivity contribution is 7.91. The monoisotopic (exact) mass is 519 g/mol. The molecule has 0 aliphatic heterocycles. The van der Waals surface area contributed by atoms with Gasteiger partial charge in [-0.25, -0.2) is 17.8 Å². The Balaban J connectivity index is 1.57. The number of nitrogens with zero attached hydrogens (tertiary/aromatic N) is 3. The van der Waals surface area contributed by atoms with Gasteiger partial charge in [-0.3, -0.25) is 9.48 Å². The maximum absolute atomic E-state index is 14.7. The van der Waals surface area contributed by atoms with E-state index in [-0.39, 0.29) is 41.3 Å². The summed E-state index contributed by atoms with van der Waals surface area (Å²) in [5.74, 6) is -5.02. The molecule has 2 bridgehead atoms. The van der Waals surface area contributed by atoms with Crippen LogP contribution in [0.25, 0.3) is 0 Å². The normalized spacial score (nSPS) is 26.7. The molecule has 0 radical (unpaired) electrons. The first kappa shape index (κ1) is 23.9. The molecule has 4 saturated carbocycles. The number of carbonyl (C=O) groups is 1. The van der Waals surface area contributed by atoms with E-state index in [1.54, 1.807) is 0 Å². The van der Waals surface area contributed by atoms with Crippen molar-refractivity contribution in [3.8, 4) is 0 Å². The molecule has 0 spiro atoms. The summed E-state index contributed by atoms with van der Waals surface area (Å²) in [4.78, 5) is 13.2. The third-order valence-corrected chi connectivity index (χ3v) is 8.21. The number of amides is 1. The molecule has 4 aliphatic carbocycles. The third-order valence-electron chi connectivity index (χ3n) is 7.12. The van der Waals surface area contributed by atoms with Gasteiger partial charge in [-0.05, 0) is 31.6 Å². The number of carbonyl (C=O) groups excluding carboxylic acids is 1. The van der Waals surface area contributed by atoms with Gasteiger partial charge >= 0.3 is 6.18 Å². The first-order chi connectivity index (χ1) is 16.1. The van der Waals surface area contributed by atoms with Crippen molar-refractivity contribution in [1.82, 2.24) is 9.78 Å². The fourth-order valence-electron chi connectivity index (χ4n) is 5.36. The molecule has 1 atom stereocenters. The van der Waals surface area contributed by atoms with Crippen molar-refractivity contribution < 1.29 is 35.7 Å². The molecule has 4 fully saturated rings. The molecule has 2 aromatic rings. The van der Waals surface area contributed by atoms with Crippen LogP contribution in [-0.4, -0.2) is 32.1 Å². The third kappa shape index (κ3) is 3.95. The maximum Gasteiger partial charge on any atom is 0.420 e. The predicted octanol–water partition coefficient (Wildman–Crippen LogP) is 4.14.